The second-order valence-electron chi connectivity index (χ2n) is 6.79. The van der Waals surface area contributed by atoms with Gasteiger partial charge in [-0.2, -0.15) is 0 Å². The molecule has 0 radical (unpaired) electrons. The molecular formula is C24H23ClN2O3. The normalized spacial score (nSPS) is 11.6. The Morgan fingerprint density at radius 3 is 2.43 bits per heavy atom. The molecule has 154 valence electrons. The molecule has 0 saturated heterocycles. The van der Waals surface area contributed by atoms with E-state index in [0.29, 0.717) is 16.4 Å². The molecule has 30 heavy (non-hydrogen) atoms. The number of carbonyl (C=O) groups is 2. The van der Waals surface area contributed by atoms with E-state index in [1.807, 2.05) is 43.3 Å². The van der Waals surface area contributed by atoms with Crippen molar-refractivity contribution in [2.24, 2.45) is 0 Å². The number of benzene rings is 3. The molecule has 0 aromatic heterocycles. The van der Waals surface area contributed by atoms with Gasteiger partial charge in [0.05, 0.1) is 6.61 Å². The molecule has 0 fully saturated rings. The quantitative estimate of drug-likeness (QED) is 0.232. The zero-order chi connectivity index (χ0) is 21.7. The predicted molar refractivity (Wildman–Crippen MR) is 122 cm³/mol. The molecular weight excluding hydrogens is 400 g/mol. The summed E-state index contributed by atoms with van der Waals surface area (Å²) in [5, 5.41) is 8.48. The minimum Gasteiger partial charge on any atom is -0.462 e. The summed E-state index contributed by atoms with van der Waals surface area (Å²) in [4.78, 5) is 25.7. The van der Waals surface area contributed by atoms with E-state index in [2.05, 4.69) is 10.6 Å². The SMILES string of the molecule is CCOC(=O)/C(C(=O)Nc1cccc2ccccc12)=C(/C)Nc1ccc(Cl)cc1C. The third-order valence-corrected chi connectivity index (χ3v) is 4.87. The van der Waals surface area contributed by atoms with Crippen molar-refractivity contribution in [3.63, 3.8) is 0 Å². The van der Waals surface area contributed by atoms with Crippen LogP contribution in [0, 0.1) is 6.92 Å². The molecule has 0 bridgehead atoms. The van der Waals surface area contributed by atoms with Crippen LogP contribution in [0.4, 0.5) is 11.4 Å². The third-order valence-electron chi connectivity index (χ3n) is 4.63. The summed E-state index contributed by atoms with van der Waals surface area (Å²) in [5.41, 5.74) is 2.56. The molecule has 0 saturated carbocycles. The van der Waals surface area contributed by atoms with Crippen LogP contribution in [0.25, 0.3) is 10.8 Å². The van der Waals surface area contributed by atoms with Gasteiger partial charge in [0.2, 0.25) is 0 Å². The summed E-state index contributed by atoms with van der Waals surface area (Å²) in [7, 11) is 0. The molecule has 0 atom stereocenters. The molecule has 0 aliphatic rings. The van der Waals surface area contributed by atoms with E-state index in [1.54, 1.807) is 38.1 Å². The predicted octanol–water partition coefficient (Wildman–Crippen LogP) is 5.69. The van der Waals surface area contributed by atoms with Crippen molar-refractivity contribution in [1.82, 2.24) is 0 Å². The Bertz CT molecular complexity index is 1130. The van der Waals surface area contributed by atoms with E-state index < -0.39 is 11.9 Å². The van der Waals surface area contributed by atoms with E-state index in [1.165, 1.54) is 0 Å². The van der Waals surface area contributed by atoms with Crippen molar-refractivity contribution in [2.75, 3.05) is 17.2 Å². The van der Waals surface area contributed by atoms with Gasteiger partial charge in [-0.05, 0) is 56.0 Å². The minimum absolute atomic E-state index is 0.0841. The first-order chi connectivity index (χ1) is 14.4. The first-order valence-electron chi connectivity index (χ1n) is 9.61. The number of anilines is 2. The first kappa shape index (κ1) is 21.4. The van der Waals surface area contributed by atoms with Gasteiger partial charge < -0.3 is 15.4 Å². The van der Waals surface area contributed by atoms with Crippen LogP contribution in [0.5, 0.6) is 0 Å². The van der Waals surface area contributed by atoms with Gasteiger partial charge >= 0.3 is 5.97 Å². The van der Waals surface area contributed by atoms with Gasteiger partial charge in [-0.25, -0.2) is 4.79 Å². The van der Waals surface area contributed by atoms with E-state index in [0.717, 1.165) is 22.0 Å². The highest BCUT2D eigenvalue weighted by Gasteiger charge is 2.24. The zero-order valence-electron chi connectivity index (χ0n) is 17.1. The number of carbonyl (C=O) groups excluding carboxylic acids is 2. The largest absolute Gasteiger partial charge is 0.462 e. The number of aryl methyl sites for hydroxylation is 1. The number of allylic oxidation sites excluding steroid dienone is 1. The molecule has 0 spiro atoms. The molecule has 5 nitrogen and oxygen atoms in total. The molecule has 0 heterocycles. The van der Waals surface area contributed by atoms with Gasteiger partial charge in [0.1, 0.15) is 5.57 Å². The van der Waals surface area contributed by atoms with Crippen molar-refractivity contribution in [1.29, 1.82) is 0 Å². The second kappa shape index (κ2) is 9.46. The van der Waals surface area contributed by atoms with E-state index in [-0.39, 0.29) is 12.2 Å². The summed E-state index contributed by atoms with van der Waals surface area (Å²) in [6.45, 7) is 5.42. The Kier molecular flexibility index (Phi) is 6.75. The molecule has 2 N–H and O–H groups in total. The van der Waals surface area contributed by atoms with Gasteiger partial charge in [-0.15, -0.1) is 0 Å². The number of amides is 1. The molecule has 3 aromatic rings. The van der Waals surface area contributed by atoms with Crippen LogP contribution in [-0.4, -0.2) is 18.5 Å². The van der Waals surface area contributed by atoms with Crippen molar-refractivity contribution in [3.05, 3.63) is 82.5 Å². The van der Waals surface area contributed by atoms with Gasteiger partial charge in [-0.3, -0.25) is 4.79 Å². The lowest BCUT2D eigenvalue weighted by molar-refractivity contribution is -0.139. The maximum Gasteiger partial charge on any atom is 0.345 e. The zero-order valence-corrected chi connectivity index (χ0v) is 17.8. The molecule has 0 unspecified atom stereocenters. The maximum absolute atomic E-state index is 13.1. The summed E-state index contributed by atoms with van der Waals surface area (Å²) < 4.78 is 5.14. The maximum atomic E-state index is 13.1. The van der Waals surface area contributed by atoms with Crippen LogP contribution < -0.4 is 10.6 Å². The summed E-state index contributed by atoms with van der Waals surface area (Å²) in [6, 6.07) is 18.7. The Morgan fingerprint density at radius 1 is 0.967 bits per heavy atom. The fourth-order valence-corrected chi connectivity index (χ4v) is 3.40. The highest BCUT2D eigenvalue weighted by molar-refractivity contribution is 6.30. The van der Waals surface area contributed by atoms with E-state index in [9.17, 15) is 9.59 Å². The lowest BCUT2D eigenvalue weighted by Gasteiger charge is -2.16. The monoisotopic (exact) mass is 422 g/mol. The van der Waals surface area contributed by atoms with Crippen LogP contribution in [0.15, 0.2) is 71.9 Å². The van der Waals surface area contributed by atoms with Crippen molar-refractivity contribution >= 4 is 45.6 Å². The number of hydrogen-bond acceptors (Lipinski definition) is 4. The van der Waals surface area contributed by atoms with E-state index >= 15 is 0 Å². The molecule has 6 heteroatoms. The Balaban J connectivity index is 1.96. The number of rotatable bonds is 6. The number of hydrogen-bond donors (Lipinski definition) is 2. The fourth-order valence-electron chi connectivity index (χ4n) is 3.17. The smallest absolute Gasteiger partial charge is 0.345 e. The van der Waals surface area contributed by atoms with Gasteiger partial charge in [0.15, 0.2) is 0 Å². The molecule has 3 rings (SSSR count). The van der Waals surface area contributed by atoms with Crippen molar-refractivity contribution in [3.8, 4) is 0 Å². The Hall–Kier alpha value is -3.31. The third kappa shape index (κ3) is 4.81. The van der Waals surface area contributed by atoms with Crippen LogP contribution >= 0.6 is 11.6 Å². The number of esters is 1. The lowest BCUT2D eigenvalue weighted by atomic mass is 10.1. The molecule has 0 aliphatic carbocycles. The van der Waals surface area contributed by atoms with Crippen molar-refractivity contribution < 1.29 is 14.3 Å². The second-order valence-corrected chi connectivity index (χ2v) is 7.22. The molecule has 0 aliphatic heterocycles. The highest BCUT2D eigenvalue weighted by atomic mass is 35.5. The van der Waals surface area contributed by atoms with Crippen LogP contribution in [0.2, 0.25) is 5.02 Å². The van der Waals surface area contributed by atoms with Gasteiger partial charge in [0.25, 0.3) is 5.91 Å². The van der Waals surface area contributed by atoms with Crippen molar-refractivity contribution in [2.45, 2.75) is 20.8 Å². The Morgan fingerprint density at radius 2 is 1.70 bits per heavy atom. The number of nitrogens with one attached hydrogen (secondary N) is 2. The lowest BCUT2D eigenvalue weighted by Crippen LogP contribution is -2.25. The number of fused-ring (bicyclic) bond motifs is 1. The number of halogens is 1. The summed E-state index contributed by atoms with van der Waals surface area (Å²) in [6.07, 6.45) is 0. The van der Waals surface area contributed by atoms with Gasteiger partial charge in [0, 0.05) is 27.5 Å². The van der Waals surface area contributed by atoms with E-state index in [4.69, 9.17) is 16.3 Å². The van der Waals surface area contributed by atoms with Crippen LogP contribution in [0.3, 0.4) is 0 Å². The first-order valence-corrected chi connectivity index (χ1v) is 9.98. The highest BCUT2D eigenvalue weighted by Crippen LogP contribution is 2.25. The topological polar surface area (TPSA) is 67.4 Å². The average molecular weight is 423 g/mol. The van der Waals surface area contributed by atoms with Crippen LogP contribution in [0.1, 0.15) is 19.4 Å². The standard InChI is InChI=1S/C24H23ClN2O3/c1-4-30-24(29)22(16(3)26-20-13-12-18(25)14-15(20)2)23(28)27-21-11-7-9-17-8-5-6-10-19(17)21/h5-14,26H,4H2,1-3H3,(H,27,28)/b22-16-. The van der Waals surface area contributed by atoms with Gasteiger partial charge in [-0.1, -0.05) is 48.0 Å². The summed E-state index contributed by atoms with van der Waals surface area (Å²) in [5.74, 6) is -1.23. The molecule has 3 aromatic carbocycles. The average Bonchev–Trinajstić information content (AvgIpc) is 2.71. The Labute approximate surface area is 180 Å². The minimum atomic E-state index is -0.688. The molecule has 1 amide bonds. The fraction of sp³-hybridized carbons (Fsp3) is 0.167. The van der Waals surface area contributed by atoms with Crippen LogP contribution in [-0.2, 0) is 14.3 Å². The number of ether oxygens (including phenoxy) is 1. The summed E-state index contributed by atoms with van der Waals surface area (Å²) >= 11 is 6.02.